The van der Waals surface area contributed by atoms with Gasteiger partial charge in [0.05, 0.1) is 0 Å². The van der Waals surface area contributed by atoms with Gasteiger partial charge in [0.1, 0.15) is 0 Å². The van der Waals surface area contributed by atoms with Crippen LogP contribution < -0.4 is 0 Å². The Morgan fingerprint density at radius 1 is 0.583 bits per heavy atom. The maximum absolute atomic E-state index is 3.22. The molecule has 0 aliphatic carbocycles. The van der Waals surface area contributed by atoms with Crippen LogP contribution in [0.2, 0.25) is 0 Å². The van der Waals surface area contributed by atoms with Crippen LogP contribution in [0.1, 0.15) is 98.8 Å². The normalized spacial score (nSPS) is 13.9. The van der Waals surface area contributed by atoms with Crippen molar-refractivity contribution in [2.45, 2.75) is 98.8 Å². The van der Waals surface area contributed by atoms with Crippen LogP contribution in [0, 0.1) is 0 Å². The fraction of sp³-hybridized carbons (Fsp3) is 1.00. The van der Waals surface area contributed by atoms with E-state index in [1.807, 2.05) is 0 Å². The molecule has 24 heavy (non-hydrogen) atoms. The number of halogens is 2. The Labute approximate surface area is 191 Å². The monoisotopic (exact) mass is 692 g/mol. The molecule has 0 amide bonds. The molecule has 0 aromatic carbocycles. The molecule has 2 radical (unpaired) electrons. The fourth-order valence-corrected chi connectivity index (χ4v) is 40.8. The van der Waals surface area contributed by atoms with E-state index in [1.165, 1.54) is 64.2 Å². The summed E-state index contributed by atoms with van der Waals surface area (Å²) in [6.07, 6.45) is 19.6. The van der Waals surface area contributed by atoms with Crippen LogP contribution >= 0.6 is 43.2 Å². The van der Waals surface area contributed by atoms with Crippen molar-refractivity contribution in [1.82, 2.24) is 0 Å². The van der Waals surface area contributed by atoms with E-state index in [2.05, 4.69) is 56.7 Å². The van der Waals surface area contributed by atoms with E-state index in [-0.39, 0.29) is 23.9 Å². The third-order valence-corrected chi connectivity index (χ3v) is 45.6. The first-order valence-corrected chi connectivity index (χ1v) is 21.8. The van der Waals surface area contributed by atoms with E-state index in [9.17, 15) is 0 Å². The first-order valence-electron chi connectivity index (χ1n) is 10.4. The molecule has 0 bridgehead atoms. The molecule has 0 fully saturated rings. The topological polar surface area (TPSA) is 0 Å². The van der Waals surface area contributed by atoms with Gasteiger partial charge >= 0.3 is 193 Å². The minimum absolute atomic E-state index is 0. The van der Waals surface area contributed by atoms with Crippen LogP contribution in [-0.4, -0.2) is 51.2 Å². The average Bonchev–Trinajstić information content (AvgIpc) is 2.57. The van der Waals surface area contributed by atoms with Crippen molar-refractivity contribution in [2.75, 3.05) is 27.3 Å². The van der Waals surface area contributed by atoms with Crippen LogP contribution in [0.4, 0.5) is 0 Å². The first-order chi connectivity index (χ1) is 11.0. The molecule has 0 saturated heterocycles. The zero-order valence-electron chi connectivity index (χ0n) is 17.5. The van der Waals surface area contributed by atoms with Gasteiger partial charge in [-0.2, -0.15) is 0 Å². The first kappa shape index (κ1) is 28.9. The molecule has 0 aliphatic rings. The number of hydrogen-bond acceptors (Lipinski definition) is 0. The van der Waals surface area contributed by atoms with Crippen LogP contribution in [0.5, 0.6) is 0 Å². The molecule has 0 aromatic rings. The Bertz CT molecular complexity index is 254. The van der Waals surface area contributed by atoms with Gasteiger partial charge in [-0.3, -0.25) is 0 Å². The van der Waals surface area contributed by atoms with Crippen molar-refractivity contribution < 1.29 is 0 Å². The predicted octanol–water partition coefficient (Wildman–Crippen LogP) is 8.40. The van der Waals surface area contributed by atoms with Crippen molar-refractivity contribution in [3.05, 3.63) is 0 Å². The predicted molar refractivity (Wildman–Crippen MR) is 142 cm³/mol. The Hall–Kier alpha value is 2.69. The van der Waals surface area contributed by atoms with E-state index in [1.54, 1.807) is 27.3 Å². The number of hydrogen-bond donors (Lipinski definition) is 0. The SMILES string of the molecule is CCCCI(CCCC)P(I)(CCCC)(CCCC)CCCC.[SnH2]. The van der Waals surface area contributed by atoms with Crippen molar-refractivity contribution in [3.8, 4) is 0 Å². The maximum atomic E-state index is 3.22. The second-order valence-corrected chi connectivity index (χ2v) is 40.0. The van der Waals surface area contributed by atoms with Crippen molar-refractivity contribution >= 4 is 67.1 Å². The Morgan fingerprint density at radius 3 is 1.12 bits per heavy atom. The Morgan fingerprint density at radius 2 is 0.875 bits per heavy atom. The van der Waals surface area contributed by atoms with Crippen LogP contribution in [0.3, 0.4) is 0 Å². The third kappa shape index (κ3) is 10.3. The summed E-state index contributed by atoms with van der Waals surface area (Å²) in [6, 6.07) is 0. The van der Waals surface area contributed by atoms with Crippen molar-refractivity contribution in [3.63, 3.8) is 0 Å². The van der Waals surface area contributed by atoms with E-state index in [4.69, 9.17) is 0 Å². The van der Waals surface area contributed by atoms with Crippen LogP contribution in [0.25, 0.3) is 0 Å². The van der Waals surface area contributed by atoms with E-state index in [0.717, 1.165) is 0 Å². The molecule has 0 saturated carbocycles. The van der Waals surface area contributed by atoms with E-state index < -0.39 is 21.2 Å². The molecular weight excluding hydrogens is 644 g/mol. The second kappa shape index (κ2) is 16.6. The molecule has 0 heterocycles. The van der Waals surface area contributed by atoms with Gasteiger partial charge in [0.2, 0.25) is 0 Å². The molecule has 0 nitrogen and oxygen atoms in total. The minimum atomic E-state index is -1.43. The molecule has 0 rings (SSSR count). The number of rotatable bonds is 16. The van der Waals surface area contributed by atoms with Gasteiger partial charge in [-0.15, -0.1) is 0 Å². The molecule has 150 valence electrons. The van der Waals surface area contributed by atoms with Gasteiger partial charge < -0.3 is 0 Å². The molecule has 0 atom stereocenters. The summed E-state index contributed by atoms with van der Waals surface area (Å²) in [5.74, 6) is 0. The Balaban J connectivity index is 0. The van der Waals surface area contributed by atoms with Crippen LogP contribution in [-0.2, 0) is 0 Å². The summed E-state index contributed by atoms with van der Waals surface area (Å²) in [5, 5.41) is 0. The van der Waals surface area contributed by atoms with Gasteiger partial charge in [0.25, 0.3) is 0 Å². The van der Waals surface area contributed by atoms with Gasteiger partial charge in [0, 0.05) is 0 Å². The van der Waals surface area contributed by atoms with E-state index >= 15 is 0 Å². The molecule has 0 aliphatic heterocycles. The van der Waals surface area contributed by atoms with Crippen molar-refractivity contribution in [1.29, 1.82) is 0 Å². The summed E-state index contributed by atoms with van der Waals surface area (Å²) in [7, 11) is 0. The standard InChI is InChI=1S/C20H45I2P.Sn.2H/c1-6-11-16-22(17-12-7-2)23(21,18-13-8-3,19-14-9-4)20-15-10-5;;;/h6-20H2,1-5H3;;;. The average molecular weight is 691 g/mol. The number of unbranched alkanes of at least 4 members (excludes halogenated alkanes) is 5. The molecule has 0 N–H and O–H groups in total. The van der Waals surface area contributed by atoms with E-state index in [0.29, 0.717) is 0 Å². The Kier molecular flexibility index (Phi) is 20.0. The number of alkyl halides is 2. The summed E-state index contributed by atoms with van der Waals surface area (Å²) < 4.78 is 1.93. The molecule has 0 unspecified atom stereocenters. The van der Waals surface area contributed by atoms with Gasteiger partial charge in [-0.1, -0.05) is 0 Å². The second-order valence-electron chi connectivity index (χ2n) is 7.20. The third-order valence-electron chi connectivity index (χ3n) is 5.00. The molecule has 4 heteroatoms. The fourth-order valence-electron chi connectivity index (χ4n) is 3.29. The summed E-state index contributed by atoms with van der Waals surface area (Å²) in [6.45, 7) is 12.0. The van der Waals surface area contributed by atoms with Crippen LogP contribution in [0.15, 0.2) is 0 Å². The molecule has 0 spiro atoms. The molecular formula is C20H47I2PSn. The molecule has 0 aromatic heterocycles. The van der Waals surface area contributed by atoms with Gasteiger partial charge in [-0.25, -0.2) is 0 Å². The zero-order valence-corrected chi connectivity index (χ0v) is 26.8. The summed E-state index contributed by atoms with van der Waals surface area (Å²) in [5.41, 5.74) is 0. The van der Waals surface area contributed by atoms with Gasteiger partial charge in [0.15, 0.2) is 0 Å². The quantitative estimate of drug-likeness (QED) is 0.0661. The van der Waals surface area contributed by atoms with Gasteiger partial charge in [-0.05, 0) is 0 Å². The summed E-state index contributed by atoms with van der Waals surface area (Å²) >= 11 is 2.39. The van der Waals surface area contributed by atoms with Crippen molar-refractivity contribution in [2.24, 2.45) is 0 Å². The summed E-state index contributed by atoms with van der Waals surface area (Å²) in [4.78, 5) is 0. The zero-order chi connectivity index (χ0) is 17.6.